The summed E-state index contributed by atoms with van der Waals surface area (Å²) in [6, 6.07) is 8.01. The molecule has 2 rings (SSSR count). The molecule has 138 valence electrons. The molecule has 6 heteroatoms. The number of hydrogen-bond acceptors (Lipinski definition) is 4. The van der Waals surface area contributed by atoms with Gasteiger partial charge >= 0.3 is 11.9 Å². The van der Waals surface area contributed by atoms with Gasteiger partial charge in [-0.3, -0.25) is 5.73 Å². The van der Waals surface area contributed by atoms with E-state index in [0.29, 0.717) is 12.6 Å². The van der Waals surface area contributed by atoms with Crippen LogP contribution in [-0.2, 0) is 22.6 Å². The Hall–Kier alpha value is -2.08. The third-order valence-electron chi connectivity index (χ3n) is 4.60. The molecule has 1 aromatic carbocycles. The number of nitrogens with two attached hydrogens (primary N) is 1. The van der Waals surface area contributed by atoms with Gasteiger partial charge in [-0.05, 0) is 31.6 Å². The lowest BCUT2D eigenvalue weighted by Crippen LogP contribution is -2.41. The number of rotatable bonds is 10. The number of para-hydroxylation sites is 2. The molecular formula is C19H31N4O2+. The van der Waals surface area contributed by atoms with E-state index in [1.807, 2.05) is 28.8 Å². The molecular weight excluding hydrogens is 316 g/mol. The molecule has 0 spiro atoms. The van der Waals surface area contributed by atoms with Gasteiger partial charge in [0.1, 0.15) is 11.0 Å². The minimum absolute atomic E-state index is 0.147. The van der Waals surface area contributed by atoms with Crippen LogP contribution in [0.4, 0.5) is 5.95 Å². The first-order chi connectivity index (χ1) is 12.1. The minimum Gasteiger partial charge on any atom is -0.463 e. The maximum Gasteiger partial charge on any atom is 0.356 e. The number of nitrogen functional groups attached to an aromatic ring is 1. The minimum atomic E-state index is -0.239. The molecule has 0 saturated heterocycles. The van der Waals surface area contributed by atoms with Gasteiger partial charge in [0, 0.05) is 6.54 Å². The zero-order chi connectivity index (χ0) is 18.2. The molecule has 1 heterocycles. The van der Waals surface area contributed by atoms with E-state index in [4.69, 9.17) is 10.5 Å². The summed E-state index contributed by atoms with van der Waals surface area (Å²) in [6.07, 6.45) is 1.89. The van der Waals surface area contributed by atoms with Crippen molar-refractivity contribution in [2.45, 2.75) is 46.7 Å². The summed E-state index contributed by atoms with van der Waals surface area (Å²) in [5, 5.41) is 0. The number of hydrogen-bond donors (Lipinski definition) is 1. The average Bonchev–Trinajstić information content (AvgIpc) is 2.88. The maximum atomic E-state index is 12.1. The summed E-state index contributed by atoms with van der Waals surface area (Å²) in [5.41, 5.74) is 8.40. The molecule has 0 amide bonds. The fourth-order valence-electron chi connectivity index (χ4n) is 3.00. The number of carbonyl (C=O) groups is 1. The van der Waals surface area contributed by atoms with Crippen LogP contribution in [0.15, 0.2) is 24.3 Å². The van der Waals surface area contributed by atoms with E-state index in [-0.39, 0.29) is 12.5 Å². The first-order valence-corrected chi connectivity index (χ1v) is 9.26. The quantitative estimate of drug-likeness (QED) is 0.406. The van der Waals surface area contributed by atoms with Gasteiger partial charge in [-0.2, -0.15) is 0 Å². The van der Waals surface area contributed by atoms with Crippen molar-refractivity contribution in [3.05, 3.63) is 24.3 Å². The second kappa shape index (κ2) is 9.42. The summed E-state index contributed by atoms with van der Waals surface area (Å²) >= 11 is 0. The molecule has 0 aliphatic carbocycles. The van der Waals surface area contributed by atoms with Crippen LogP contribution >= 0.6 is 0 Å². The van der Waals surface area contributed by atoms with E-state index < -0.39 is 0 Å². The molecule has 0 aliphatic rings. The van der Waals surface area contributed by atoms with Crippen LogP contribution in [0.2, 0.25) is 0 Å². The normalized spacial score (nSPS) is 11.4. The van der Waals surface area contributed by atoms with Crippen LogP contribution in [-0.4, -0.2) is 41.7 Å². The lowest BCUT2D eigenvalue weighted by atomic mass is 10.3. The van der Waals surface area contributed by atoms with Crippen molar-refractivity contribution in [2.24, 2.45) is 0 Å². The number of aromatic nitrogens is 2. The van der Waals surface area contributed by atoms with Crippen molar-refractivity contribution in [1.29, 1.82) is 0 Å². The third-order valence-corrected chi connectivity index (χ3v) is 4.60. The molecule has 0 aliphatic heterocycles. The Morgan fingerprint density at radius 2 is 1.96 bits per heavy atom. The standard InChI is InChI=1S/C19H30N4O2/c1-4-7-14-25-18(24)15-23-17-11-9-8-10-16(17)22(19(23)20)13-12-21(5-2)6-3/h8-11,20H,4-7,12-15H2,1-3H3/p+1. The van der Waals surface area contributed by atoms with E-state index in [0.717, 1.165) is 50.1 Å². The van der Waals surface area contributed by atoms with Crippen LogP contribution < -0.4 is 10.3 Å². The Labute approximate surface area is 150 Å². The Balaban J connectivity index is 2.22. The molecule has 2 N–H and O–H groups in total. The number of nitrogens with zero attached hydrogens (tertiary/aromatic N) is 3. The van der Waals surface area contributed by atoms with Gasteiger partial charge in [-0.25, -0.2) is 13.9 Å². The Bertz CT molecular complexity index is 692. The van der Waals surface area contributed by atoms with Gasteiger partial charge in [0.15, 0.2) is 6.54 Å². The second-order valence-corrected chi connectivity index (χ2v) is 6.19. The van der Waals surface area contributed by atoms with E-state index in [9.17, 15) is 4.79 Å². The van der Waals surface area contributed by atoms with Crippen molar-refractivity contribution in [3.8, 4) is 0 Å². The first kappa shape index (κ1) is 19.2. The van der Waals surface area contributed by atoms with Crippen LogP contribution in [0.5, 0.6) is 0 Å². The number of benzene rings is 1. The van der Waals surface area contributed by atoms with Crippen LogP contribution in [0.3, 0.4) is 0 Å². The van der Waals surface area contributed by atoms with Crippen LogP contribution in [0.25, 0.3) is 11.0 Å². The molecule has 6 nitrogen and oxygen atoms in total. The highest BCUT2D eigenvalue weighted by atomic mass is 16.5. The monoisotopic (exact) mass is 347 g/mol. The van der Waals surface area contributed by atoms with Crippen molar-refractivity contribution in [1.82, 2.24) is 9.47 Å². The Kier molecular flexibility index (Phi) is 7.25. The average molecular weight is 347 g/mol. The molecule has 2 aromatic rings. The number of unbranched alkanes of at least 4 members (excludes halogenated alkanes) is 1. The van der Waals surface area contributed by atoms with Crippen molar-refractivity contribution >= 4 is 23.0 Å². The fraction of sp³-hybridized carbons (Fsp3) is 0.579. The summed E-state index contributed by atoms with van der Waals surface area (Å²) in [5.74, 6) is 0.359. The predicted octanol–water partition coefficient (Wildman–Crippen LogP) is 2.20. The molecule has 0 bridgehead atoms. The molecule has 0 atom stereocenters. The third kappa shape index (κ3) is 4.72. The SMILES string of the molecule is CCCCOC(=O)C[n+]1c(N)n(CCN(CC)CC)c2ccccc21. The number of anilines is 1. The molecule has 1 aromatic heterocycles. The molecule has 0 unspecified atom stereocenters. The lowest BCUT2D eigenvalue weighted by molar-refractivity contribution is -0.646. The largest absolute Gasteiger partial charge is 0.463 e. The Morgan fingerprint density at radius 3 is 2.64 bits per heavy atom. The van der Waals surface area contributed by atoms with Gasteiger partial charge in [0.05, 0.1) is 13.2 Å². The van der Waals surface area contributed by atoms with Crippen molar-refractivity contribution < 1.29 is 14.1 Å². The zero-order valence-corrected chi connectivity index (χ0v) is 15.7. The lowest BCUT2D eigenvalue weighted by Gasteiger charge is -2.17. The van der Waals surface area contributed by atoms with Gasteiger partial charge < -0.3 is 9.64 Å². The summed E-state index contributed by atoms with van der Waals surface area (Å²) in [7, 11) is 0. The van der Waals surface area contributed by atoms with E-state index in [2.05, 4.69) is 30.2 Å². The topological polar surface area (TPSA) is 64.4 Å². The number of esters is 1. The highest BCUT2D eigenvalue weighted by Gasteiger charge is 2.23. The summed E-state index contributed by atoms with van der Waals surface area (Å²) < 4.78 is 9.24. The number of ether oxygens (including phenoxy) is 1. The second-order valence-electron chi connectivity index (χ2n) is 6.19. The number of fused-ring (bicyclic) bond motifs is 1. The van der Waals surface area contributed by atoms with Crippen LogP contribution in [0.1, 0.15) is 33.6 Å². The van der Waals surface area contributed by atoms with Gasteiger partial charge in [-0.1, -0.05) is 39.3 Å². The number of imidazole rings is 1. The van der Waals surface area contributed by atoms with E-state index in [1.165, 1.54) is 0 Å². The number of carbonyl (C=O) groups excluding carboxylic acids is 1. The molecule has 25 heavy (non-hydrogen) atoms. The predicted molar refractivity (Wildman–Crippen MR) is 100 cm³/mol. The van der Waals surface area contributed by atoms with Crippen LogP contribution in [0, 0.1) is 0 Å². The fourth-order valence-corrected chi connectivity index (χ4v) is 3.00. The van der Waals surface area contributed by atoms with E-state index in [1.54, 1.807) is 0 Å². The maximum absolute atomic E-state index is 12.1. The van der Waals surface area contributed by atoms with E-state index >= 15 is 0 Å². The van der Waals surface area contributed by atoms with Gasteiger partial charge in [-0.15, -0.1) is 0 Å². The van der Waals surface area contributed by atoms with Crippen molar-refractivity contribution in [3.63, 3.8) is 0 Å². The number of likely N-dealkylation sites (N-methyl/N-ethyl adjacent to an activating group) is 1. The molecule has 0 saturated carbocycles. The molecule has 0 fully saturated rings. The Morgan fingerprint density at radius 1 is 1.24 bits per heavy atom. The first-order valence-electron chi connectivity index (χ1n) is 9.26. The van der Waals surface area contributed by atoms with Crippen molar-refractivity contribution in [2.75, 3.05) is 32.0 Å². The van der Waals surface area contributed by atoms with Gasteiger partial charge in [0.2, 0.25) is 0 Å². The summed E-state index contributed by atoms with van der Waals surface area (Å²) in [6.45, 7) is 10.8. The molecule has 0 radical (unpaired) electrons. The highest BCUT2D eigenvalue weighted by molar-refractivity contribution is 5.75. The smallest absolute Gasteiger partial charge is 0.356 e. The zero-order valence-electron chi connectivity index (χ0n) is 15.7. The van der Waals surface area contributed by atoms with Gasteiger partial charge in [0.25, 0.3) is 0 Å². The summed E-state index contributed by atoms with van der Waals surface area (Å²) in [4.78, 5) is 14.5. The highest BCUT2D eigenvalue weighted by Crippen LogP contribution is 2.16.